The van der Waals surface area contributed by atoms with Crippen molar-refractivity contribution in [3.8, 4) is 68.3 Å². The molecule has 6 aromatic rings. The van der Waals surface area contributed by atoms with Crippen molar-refractivity contribution in [3.05, 3.63) is 93.2 Å². The minimum atomic E-state index is -0.540. The number of methoxy groups -OCH3 is 4. The first kappa shape index (κ1) is 28.2. The Kier molecular flexibility index (Phi) is 7.10. The van der Waals surface area contributed by atoms with Gasteiger partial charge < -0.3 is 38.0 Å². The largest absolute Gasteiger partial charge is 0.507 e. The highest BCUT2D eigenvalue weighted by molar-refractivity contribution is 6.06. The lowest BCUT2D eigenvalue weighted by Gasteiger charge is -2.18. The van der Waals surface area contributed by atoms with E-state index in [0.717, 1.165) is 0 Å². The fourth-order valence-corrected chi connectivity index (χ4v) is 5.17. The third kappa shape index (κ3) is 4.62. The van der Waals surface area contributed by atoms with Crippen LogP contribution in [0.15, 0.2) is 91.2 Å². The van der Waals surface area contributed by atoms with Crippen LogP contribution in [0.3, 0.4) is 0 Å². The highest BCUT2D eigenvalue weighted by Gasteiger charge is 2.28. The van der Waals surface area contributed by atoms with Crippen LogP contribution in [0.2, 0.25) is 0 Å². The lowest BCUT2D eigenvalue weighted by Crippen LogP contribution is -2.05. The summed E-state index contributed by atoms with van der Waals surface area (Å²) in [5.74, 6) is 0.958. The molecule has 0 aliphatic carbocycles. The molecule has 0 saturated heterocycles. The van der Waals surface area contributed by atoms with Crippen LogP contribution in [0.1, 0.15) is 0 Å². The van der Waals surface area contributed by atoms with Gasteiger partial charge in [-0.15, -0.1) is 0 Å². The topological polar surface area (TPSA) is 138 Å². The predicted octanol–water partition coefficient (Wildman–Crippen LogP) is 6.35. The maximum absolute atomic E-state index is 13.5. The maximum Gasteiger partial charge on any atom is 0.197 e. The molecule has 0 spiro atoms. The zero-order valence-corrected chi connectivity index (χ0v) is 24.1. The molecule has 10 heteroatoms. The molecule has 2 N–H and O–H groups in total. The normalized spacial score (nSPS) is 11.1. The van der Waals surface area contributed by atoms with E-state index in [9.17, 15) is 19.8 Å². The Labute approximate surface area is 249 Å². The Morgan fingerprint density at radius 3 is 1.59 bits per heavy atom. The third-order valence-corrected chi connectivity index (χ3v) is 7.34. The summed E-state index contributed by atoms with van der Waals surface area (Å²) >= 11 is 0. The standard InChI is InChI=1S/C34H26O10/c1-39-19-9-5-17(6-10-19)24-14-23(37)30-28(43-24)16-27(42-4)31(33(30)38)32-26(41-3)15-22(36)29-21(35)13-25(44-34(29)32)18-7-11-20(40-2)12-8-18/h5-16,36,38H,1-4H3. The molecule has 0 saturated carbocycles. The lowest BCUT2D eigenvalue weighted by molar-refractivity contribution is 0.402. The van der Waals surface area contributed by atoms with Gasteiger partial charge in [0.15, 0.2) is 16.4 Å². The van der Waals surface area contributed by atoms with Crippen molar-refractivity contribution in [2.75, 3.05) is 28.4 Å². The summed E-state index contributed by atoms with van der Waals surface area (Å²) in [5, 5.41) is 22.2. The van der Waals surface area contributed by atoms with E-state index in [0.29, 0.717) is 22.6 Å². The summed E-state index contributed by atoms with van der Waals surface area (Å²) in [6, 6.07) is 19.0. The molecule has 4 aromatic carbocycles. The van der Waals surface area contributed by atoms with E-state index < -0.39 is 22.4 Å². The van der Waals surface area contributed by atoms with E-state index in [4.69, 9.17) is 27.8 Å². The molecule has 44 heavy (non-hydrogen) atoms. The van der Waals surface area contributed by atoms with Crippen molar-refractivity contribution in [1.82, 2.24) is 0 Å². The number of aromatic hydroxyl groups is 2. The average molecular weight is 595 g/mol. The molecule has 2 heterocycles. The van der Waals surface area contributed by atoms with Gasteiger partial charge in [-0.25, -0.2) is 0 Å². The van der Waals surface area contributed by atoms with Crippen LogP contribution >= 0.6 is 0 Å². The number of hydrogen-bond acceptors (Lipinski definition) is 10. The fraction of sp³-hybridized carbons (Fsp3) is 0.118. The van der Waals surface area contributed by atoms with Gasteiger partial charge in [0.1, 0.15) is 62.4 Å². The number of ether oxygens (including phenoxy) is 4. The Bertz CT molecular complexity index is 2160. The van der Waals surface area contributed by atoms with Crippen molar-refractivity contribution in [2.24, 2.45) is 0 Å². The molecule has 0 unspecified atom stereocenters. The van der Waals surface area contributed by atoms with Crippen LogP contribution in [-0.4, -0.2) is 38.7 Å². The molecule has 2 aromatic heterocycles. The number of hydrogen-bond donors (Lipinski definition) is 2. The minimum Gasteiger partial charge on any atom is -0.507 e. The fourth-order valence-electron chi connectivity index (χ4n) is 5.17. The van der Waals surface area contributed by atoms with Gasteiger partial charge in [-0.2, -0.15) is 0 Å². The summed E-state index contributed by atoms with van der Waals surface area (Å²) < 4.78 is 34.0. The van der Waals surface area contributed by atoms with Crippen LogP contribution in [0.4, 0.5) is 0 Å². The number of rotatable bonds is 7. The van der Waals surface area contributed by atoms with E-state index in [-0.39, 0.29) is 56.1 Å². The molecule has 0 aliphatic rings. The van der Waals surface area contributed by atoms with Crippen molar-refractivity contribution >= 4 is 21.9 Å². The van der Waals surface area contributed by atoms with Crippen LogP contribution in [0.5, 0.6) is 34.5 Å². The Hall–Kier alpha value is -5.90. The van der Waals surface area contributed by atoms with Crippen molar-refractivity contribution in [2.45, 2.75) is 0 Å². The van der Waals surface area contributed by atoms with E-state index in [2.05, 4.69) is 0 Å². The molecule has 0 atom stereocenters. The van der Waals surface area contributed by atoms with Crippen molar-refractivity contribution in [3.63, 3.8) is 0 Å². The van der Waals surface area contributed by atoms with Crippen LogP contribution in [0.25, 0.3) is 55.7 Å². The Morgan fingerprint density at radius 2 is 1.07 bits per heavy atom. The monoisotopic (exact) mass is 594 g/mol. The molecule has 222 valence electrons. The smallest absolute Gasteiger partial charge is 0.197 e. The van der Waals surface area contributed by atoms with Gasteiger partial charge in [0.05, 0.1) is 39.6 Å². The Morgan fingerprint density at radius 1 is 0.568 bits per heavy atom. The summed E-state index contributed by atoms with van der Waals surface area (Å²) in [6.07, 6.45) is 0. The zero-order chi connectivity index (χ0) is 31.1. The minimum absolute atomic E-state index is 0.00128. The molecular weight excluding hydrogens is 568 g/mol. The SMILES string of the molecule is COc1ccc(-c2cc(=O)c3c(O)c(-c4c(OC)cc(O)c5c(=O)cc(-c6ccc(OC)cc6)oc45)c(OC)cc3o2)cc1. The van der Waals surface area contributed by atoms with Crippen LogP contribution < -0.4 is 29.8 Å². The number of phenolic OH excluding ortho intramolecular Hbond substituents is 2. The van der Waals surface area contributed by atoms with Gasteiger partial charge in [0, 0.05) is 35.4 Å². The Balaban J connectivity index is 1.65. The first-order chi connectivity index (χ1) is 21.3. The molecule has 0 bridgehead atoms. The highest BCUT2D eigenvalue weighted by atomic mass is 16.5. The van der Waals surface area contributed by atoms with Gasteiger partial charge in [-0.1, -0.05) is 0 Å². The van der Waals surface area contributed by atoms with Gasteiger partial charge in [-0.05, 0) is 48.5 Å². The van der Waals surface area contributed by atoms with E-state index in [1.807, 2.05) is 0 Å². The first-order valence-electron chi connectivity index (χ1n) is 13.3. The van der Waals surface area contributed by atoms with Gasteiger partial charge >= 0.3 is 0 Å². The van der Waals surface area contributed by atoms with E-state index >= 15 is 0 Å². The van der Waals surface area contributed by atoms with Gasteiger partial charge in [0.25, 0.3) is 0 Å². The zero-order valence-electron chi connectivity index (χ0n) is 24.1. The third-order valence-electron chi connectivity index (χ3n) is 7.34. The summed E-state index contributed by atoms with van der Waals surface area (Å²) in [6.45, 7) is 0. The molecule has 6 rings (SSSR count). The second-order valence-electron chi connectivity index (χ2n) is 9.76. The molecule has 0 aliphatic heterocycles. The molecular formula is C34H26O10. The highest BCUT2D eigenvalue weighted by Crippen LogP contribution is 2.50. The number of benzene rings is 4. The summed E-state index contributed by atoms with van der Waals surface area (Å²) in [4.78, 5) is 26.8. The van der Waals surface area contributed by atoms with Crippen molar-refractivity contribution in [1.29, 1.82) is 0 Å². The predicted molar refractivity (Wildman–Crippen MR) is 164 cm³/mol. The van der Waals surface area contributed by atoms with Gasteiger partial charge in [0.2, 0.25) is 0 Å². The quantitative estimate of drug-likeness (QED) is 0.215. The van der Waals surface area contributed by atoms with E-state index in [1.165, 1.54) is 45.6 Å². The molecule has 0 fully saturated rings. The number of fused-ring (bicyclic) bond motifs is 2. The second kappa shape index (κ2) is 11.1. The molecule has 0 amide bonds. The summed E-state index contributed by atoms with van der Waals surface area (Å²) in [5.41, 5.74) is 0.160. The van der Waals surface area contributed by atoms with Crippen LogP contribution in [-0.2, 0) is 0 Å². The average Bonchev–Trinajstić information content (AvgIpc) is 3.04. The lowest BCUT2D eigenvalue weighted by atomic mass is 9.96. The summed E-state index contributed by atoms with van der Waals surface area (Å²) in [7, 11) is 5.82. The van der Waals surface area contributed by atoms with Crippen LogP contribution in [0, 0.1) is 0 Å². The van der Waals surface area contributed by atoms with Gasteiger partial charge in [-0.3, -0.25) is 9.59 Å². The maximum atomic E-state index is 13.5. The molecule has 0 radical (unpaired) electrons. The molecule has 10 nitrogen and oxygen atoms in total. The van der Waals surface area contributed by atoms with E-state index in [1.54, 1.807) is 55.6 Å². The first-order valence-corrected chi connectivity index (χ1v) is 13.3. The second-order valence-corrected chi connectivity index (χ2v) is 9.76. The van der Waals surface area contributed by atoms with Crippen molar-refractivity contribution < 1.29 is 38.0 Å². The number of phenols is 2.